The van der Waals surface area contributed by atoms with Gasteiger partial charge in [-0.25, -0.2) is 0 Å². The first kappa shape index (κ1) is 24.0. The topological polar surface area (TPSA) is 83.9 Å². The number of carbonyl (C=O) groups is 3. The number of anilines is 1. The zero-order valence-corrected chi connectivity index (χ0v) is 20.4. The Balaban J connectivity index is 1.94. The number of carbonyl (C=O) groups excluding carboxylic acids is 3. The van der Waals surface area contributed by atoms with Crippen LogP contribution < -0.4 is 9.64 Å². The number of Topliss-reactive ketones (excluding diaryl/α,β-unsaturated/α-hetero) is 1. The van der Waals surface area contributed by atoms with Crippen LogP contribution in [0.2, 0.25) is 0 Å². The summed E-state index contributed by atoms with van der Waals surface area (Å²) < 4.78 is 5.14. The van der Waals surface area contributed by atoms with Crippen LogP contribution in [0.3, 0.4) is 0 Å². The first-order valence-electron chi connectivity index (χ1n) is 11.3. The van der Waals surface area contributed by atoms with Gasteiger partial charge < -0.3 is 9.84 Å². The van der Waals surface area contributed by atoms with Gasteiger partial charge in [0, 0.05) is 18.2 Å². The molecule has 3 aromatic rings. The molecule has 0 saturated carbocycles. The Kier molecular flexibility index (Phi) is 6.31. The zero-order valence-electron chi connectivity index (χ0n) is 20.4. The van der Waals surface area contributed by atoms with Gasteiger partial charge in [0.25, 0.3) is 11.7 Å². The van der Waals surface area contributed by atoms with Crippen LogP contribution in [0.1, 0.15) is 46.3 Å². The summed E-state index contributed by atoms with van der Waals surface area (Å²) in [6.45, 7) is 8.96. The van der Waals surface area contributed by atoms with Crippen molar-refractivity contribution in [3.05, 3.63) is 99.6 Å². The summed E-state index contributed by atoms with van der Waals surface area (Å²) in [6, 6.07) is 16.9. The third-order valence-electron chi connectivity index (χ3n) is 6.32. The van der Waals surface area contributed by atoms with Gasteiger partial charge in [-0.3, -0.25) is 19.3 Å². The van der Waals surface area contributed by atoms with E-state index in [9.17, 15) is 19.5 Å². The van der Waals surface area contributed by atoms with Crippen LogP contribution >= 0.6 is 0 Å². The molecule has 0 bridgehead atoms. The van der Waals surface area contributed by atoms with E-state index in [4.69, 9.17) is 4.74 Å². The molecule has 1 heterocycles. The van der Waals surface area contributed by atoms with E-state index in [2.05, 4.69) is 0 Å². The summed E-state index contributed by atoms with van der Waals surface area (Å²) in [5, 5.41) is 11.4. The lowest BCUT2D eigenvalue weighted by molar-refractivity contribution is -0.132. The highest BCUT2D eigenvalue weighted by molar-refractivity contribution is 6.51. The van der Waals surface area contributed by atoms with Crippen molar-refractivity contribution in [2.75, 3.05) is 4.90 Å². The number of amides is 1. The first-order valence-corrected chi connectivity index (χ1v) is 11.3. The average Bonchev–Trinajstić information content (AvgIpc) is 3.07. The van der Waals surface area contributed by atoms with Crippen LogP contribution in [0.5, 0.6) is 5.75 Å². The Labute approximate surface area is 204 Å². The predicted molar refractivity (Wildman–Crippen MR) is 134 cm³/mol. The van der Waals surface area contributed by atoms with Gasteiger partial charge in [-0.2, -0.15) is 0 Å². The van der Waals surface area contributed by atoms with Crippen LogP contribution in [-0.2, 0) is 14.4 Å². The first-order chi connectivity index (χ1) is 16.6. The van der Waals surface area contributed by atoms with Crippen molar-refractivity contribution in [1.82, 2.24) is 0 Å². The van der Waals surface area contributed by atoms with Crippen molar-refractivity contribution in [2.45, 2.75) is 40.7 Å². The van der Waals surface area contributed by atoms with E-state index in [0.717, 1.165) is 22.3 Å². The summed E-state index contributed by atoms with van der Waals surface area (Å²) in [7, 11) is 0. The molecule has 1 N–H and O–H groups in total. The number of nitrogens with zero attached hydrogens (tertiary/aromatic N) is 1. The third-order valence-corrected chi connectivity index (χ3v) is 6.32. The molecule has 3 aromatic carbocycles. The molecule has 1 fully saturated rings. The van der Waals surface area contributed by atoms with Gasteiger partial charge in [0.1, 0.15) is 11.5 Å². The standard InChI is InChI=1S/C29H27NO5/c1-16-6-7-18(3)24(14-16)27(32)25-26(21-9-12-23(13-10-21)35-20(5)31)30(29(34)28(25)33)22-11-8-17(2)19(4)15-22/h6-15,26,32H,1-5H3/b27-25+. The average molecular weight is 470 g/mol. The molecule has 1 aliphatic heterocycles. The Morgan fingerprint density at radius 1 is 0.857 bits per heavy atom. The number of hydrogen-bond donors (Lipinski definition) is 1. The molecule has 1 aliphatic rings. The minimum absolute atomic E-state index is 0.0159. The van der Waals surface area contributed by atoms with E-state index < -0.39 is 23.7 Å². The van der Waals surface area contributed by atoms with Crippen molar-refractivity contribution in [3.8, 4) is 5.75 Å². The lowest BCUT2D eigenvalue weighted by Crippen LogP contribution is -2.29. The maximum atomic E-state index is 13.4. The van der Waals surface area contributed by atoms with Crippen LogP contribution in [0.4, 0.5) is 5.69 Å². The monoisotopic (exact) mass is 469 g/mol. The molecular formula is C29H27NO5. The van der Waals surface area contributed by atoms with Gasteiger partial charge in [0.15, 0.2) is 0 Å². The smallest absolute Gasteiger partial charge is 0.308 e. The summed E-state index contributed by atoms with van der Waals surface area (Å²) >= 11 is 0. The molecule has 1 atom stereocenters. The number of rotatable bonds is 4. The molecule has 1 saturated heterocycles. The van der Waals surface area contributed by atoms with Crippen molar-refractivity contribution in [3.63, 3.8) is 0 Å². The second kappa shape index (κ2) is 9.22. The summed E-state index contributed by atoms with van der Waals surface area (Å²) in [5.74, 6) is -1.79. The second-order valence-corrected chi connectivity index (χ2v) is 8.92. The largest absolute Gasteiger partial charge is 0.507 e. The lowest BCUT2D eigenvalue weighted by atomic mass is 9.93. The summed E-state index contributed by atoms with van der Waals surface area (Å²) in [4.78, 5) is 39.5. The SMILES string of the molecule is CC(=O)Oc1ccc(C2/C(=C(\O)c3cc(C)ccc3C)C(=O)C(=O)N2c2ccc(C)c(C)c2)cc1. The number of ketones is 1. The van der Waals surface area contributed by atoms with E-state index in [1.807, 2.05) is 52.0 Å². The van der Waals surface area contributed by atoms with E-state index in [1.165, 1.54) is 11.8 Å². The minimum Gasteiger partial charge on any atom is -0.507 e. The maximum absolute atomic E-state index is 13.4. The molecule has 1 amide bonds. The molecule has 0 aliphatic carbocycles. The van der Waals surface area contributed by atoms with Gasteiger partial charge in [0.2, 0.25) is 0 Å². The molecule has 6 heteroatoms. The van der Waals surface area contributed by atoms with E-state index in [0.29, 0.717) is 22.6 Å². The Hall–Kier alpha value is -4.19. The van der Waals surface area contributed by atoms with E-state index in [-0.39, 0.29) is 11.3 Å². The van der Waals surface area contributed by atoms with Gasteiger partial charge >= 0.3 is 5.97 Å². The fraction of sp³-hybridized carbons (Fsp3) is 0.207. The number of hydrogen-bond acceptors (Lipinski definition) is 5. The second-order valence-electron chi connectivity index (χ2n) is 8.92. The quantitative estimate of drug-likeness (QED) is 0.180. The van der Waals surface area contributed by atoms with Crippen molar-refractivity contribution in [2.24, 2.45) is 0 Å². The Bertz CT molecular complexity index is 1380. The van der Waals surface area contributed by atoms with E-state index in [1.54, 1.807) is 36.4 Å². The Morgan fingerprint density at radius 3 is 2.14 bits per heavy atom. The zero-order chi connectivity index (χ0) is 25.4. The molecule has 0 aromatic heterocycles. The van der Waals surface area contributed by atoms with E-state index >= 15 is 0 Å². The number of aliphatic hydroxyl groups excluding tert-OH is 1. The fourth-order valence-corrected chi connectivity index (χ4v) is 4.31. The third kappa shape index (κ3) is 4.47. The predicted octanol–water partition coefficient (Wildman–Crippen LogP) is 5.47. The van der Waals surface area contributed by atoms with Gasteiger partial charge in [-0.1, -0.05) is 35.9 Å². The molecule has 1 unspecified atom stereocenters. The number of ether oxygens (including phenoxy) is 1. The van der Waals surface area contributed by atoms with Crippen molar-refractivity contribution >= 4 is 29.1 Å². The summed E-state index contributed by atoms with van der Waals surface area (Å²) in [5.41, 5.74) is 5.42. The summed E-state index contributed by atoms with van der Waals surface area (Å²) in [6.07, 6.45) is 0. The van der Waals surface area contributed by atoms with Crippen LogP contribution in [0.15, 0.2) is 66.2 Å². The van der Waals surface area contributed by atoms with Crippen molar-refractivity contribution < 1.29 is 24.2 Å². The Morgan fingerprint density at radius 2 is 1.51 bits per heavy atom. The minimum atomic E-state index is -0.858. The van der Waals surface area contributed by atoms with Crippen LogP contribution in [0, 0.1) is 27.7 Å². The van der Waals surface area contributed by atoms with Gasteiger partial charge in [-0.15, -0.1) is 0 Å². The molecular weight excluding hydrogens is 442 g/mol. The number of aliphatic hydroxyl groups is 1. The molecule has 35 heavy (non-hydrogen) atoms. The lowest BCUT2D eigenvalue weighted by Gasteiger charge is -2.26. The van der Waals surface area contributed by atoms with Crippen LogP contribution in [0.25, 0.3) is 5.76 Å². The molecule has 4 rings (SSSR count). The maximum Gasteiger partial charge on any atom is 0.308 e. The van der Waals surface area contributed by atoms with Crippen molar-refractivity contribution in [1.29, 1.82) is 0 Å². The fourth-order valence-electron chi connectivity index (χ4n) is 4.31. The number of benzene rings is 3. The number of esters is 1. The van der Waals surface area contributed by atoms with Gasteiger partial charge in [0.05, 0.1) is 11.6 Å². The van der Waals surface area contributed by atoms with Crippen LogP contribution in [-0.4, -0.2) is 22.8 Å². The number of aryl methyl sites for hydroxylation is 4. The normalized spacial score (nSPS) is 17.1. The van der Waals surface area contributed by atoms with Gasteiger partial charge in [-0.05, 0) is 80.3 Å². The highest BCUT2D eigenvalue weighted by Crippen LogP contribution is 2.43. The molecule has 0 spiro atoms. The molecule has 178 valence electrons. The highest BCUT2D eigenvalue weighted by Gasteiger charge is 2.47. The molecule has 6 nitrogen and oxygen atoms in total. The highest BCUT2D eigenvalue weighted by atomic mass is 16.5. The molecule has 0 radical (unpaired) electrons.